The molecule has 0 radical (unpaired) electrons. The second-order valence-corrected chi connectivity index (χ2v) is 7.91. The quantitative estimate of drug-likeness (QED) is 0.593. The first kappa shape index (κ1) is 22.3. The van der Waals surface area contributed by atoms with Crippen LogP contribution in [0.4, 0.5) is 14.5 Å². The molecule has 0 aliphatic carbocycles. The Morgan fingerprint density at radius 3 is 2.33 bits per heavy atom. The monoisotopic (exact) mass is 447 g/mol. The normalized spacial score (nSPS) is 14.9. The van der Waals surface area contributed by atoms with Crippen molar-refractivity contribution in [1.29, 1.82) is 5.26 Å². The summed E-state index contributed by atoms with van der Waals surface area (Å²) in [5.74, 6) is -2.26. The molecule has 1 amide bonds. The van der Waals surface area contributed by atoms with Gasteiger partial charge >= 0.3 is 0 Å². The Morgan fingerprint density at radius 1 is 1.00 bits per heavy atom. The molecule has 3 aromatic carbocycles. The lowest BCUT2D eigenvalue weighted by atomic mass is 10.0. The molecule has 1 heterocycles. The van der Waals surface area contributed by atoms with Gasteiger partial charge in [-0.15, -0.1) is 0 Å². The molecule has 0 saturated carbocycles. The zero-order chi connectivity index (χ0) is 23.2. The minimum absolute atomic E-state index is 0.0353. The molecule has 1 unspecified atom stereocenters. The van der Waals surface area contributed by atoms with Gasteiger partial charge in [-0.2, -0.15) is 5.26 Å². The number of carbonyl (C=O) groups excluding carboxylic acids is 1. The maximum atomic E-state index is 13.6. The van der Waals surface area contributed by atoms with Crippen molar-refractivity contribution in [3.8, 4) is 11.8 Å². The van der Waals surface area contributed by atoms with Crippen molar-refractivity contribution in [1.82, 2.24) is 5.32 Å². The van der Waals surface area contributed by atoms with Gasteiger partial charge in [-0.3, -0.25) is 4.79 Å². The topological polar surface area (TPSA) is 65.4 Å². The third-order valence-electron chi connectivity index (χ3n) is 5.69. The first-order valence-corrected chi connectivity index (χ1v) is 10.8. The van der Waals surface area contributed by atoms with E-state index in [-0.39, 0.29) is 17.7 Å². The lowest BCUT2D eigenvalue weighted by Crippen LogP contribution is -2.46. The Morgan fingerprint density at radius 2 is 1.70 bits per heavy atom. The molecule has 1 N–H and O–H groups in total. The zero-order valence-corrected chi connectivity index (χ0v) is 17.9. The molecule has 5 nitrogen and oxygen atoms in total. The standard InChI is InChI=1S/C26H23F2N3O2/c27-23-11-10-22(16-24(23)28)33-25(19-4-2-1-3-5-19)26(32)30-20-12-14-31(15-13-20)21-8-6-18(17-29)7-9-21/h1-11,16,20,25H,12-15H2,(H,30,32). The largest absolute Gasteiger partial charge is 0.476 e. The van der Waals surface area contributed by atoms with Crippen LogP contribution in [0.3, 0.4) is 0 Å². The summed E-state index contributed by atoms with van der Waals surface area (Å²) in [6.07, 6.45) is 0.504. The zero-order valence-electron chi connectivity index (χ0n) is 17.9. The maximum absolute atomic E-state index is 13.6. The van der Waals surface area contributed by atoms with Gasteiger partial charge in [0.1, 0.15) is 5.75 Å². The number of benzene rings is 3. The number of nitriles is 1. The van der Waals surface area contributed by atoms with Gasteiger partial charge in [0, 0.05) is 36.4 Å². The molecule has 0 bridgehead atoms. The average molecular weight is 447 g/mol. The van der Waals surface area contributed by atoms with Crippen LogP contribution in [0.5, 0.6) is 5.75 Å². The summed E-state index contributed by atoms with van der Waals surface area (Å²) >= 11 is 0. The van der Waals surface area contributed by atoms with E-state index in [0.717, 1.165) is 43.8 Å². The van der Waals surface area contributed by atoms with Crippen LogP contribution in [0, 0.1) is 23.0 Å². The second-order valence-electron chi connectivity index (χ2n) is 7.91. The molecule has 0 aromatic heterocycles. The first-order chi connectivity index (χ1) is 16.0. The SMILES string of the molecule is N#Cc1ccc(N2CCC(NC(=O)C(Oc3ccc(F)c(F)c3)c3ccccc3)CC2)cc1. The van der Waals surface area contributed by atoms with E-state index in [9.17, 15) is 13.6 Å². The van der Waals surface area contributed by atoms with Crippen molar-refractivity contribution in [2.24, 2.45) is 0 Å². The number of piperidine rings is 1. The van der Waals surface area contributed by atoms with E-state index in [0.29, 0.717) is 11.1 Å². The fourth-order valence-electron chi connectivity index (χ4n) is 3.89. The number of nitrogens with one attached hydrogen (secondary N) is 1. The predicted octanol–water partition coefficient (Wildman–Crippen LogP) is 4.74. The van der Waals surface area contributed by atoms with Crippen LogP contribution < -0.4 is 15.0 Å². The predicted molar refractivity (Wildman–Crippen MR) is 121 cm³/mol. The highest BCUT2D eigenvalue weighted by Gasteiger charge is 2.27. The number of amides is 1. The van der Waals surface area contributed by atoms with E-state index in [1.807, 2.05) is 18.2 Å². The Kier molecular flexibility index (Phi) is 6.84. The summed E-state index contributed by atoms with van der Waals surface area (Å²) in [6.45, 7) is 1.52. The van der Waals surface area contributed by atoms with Crippen LogP contribution in [-0.2, 0) is 4.79 Å². The lowest BCUT2D eigenvalue weighted by Gasteiger charge is -2.34. The van der Waals surface area contributed by atoms with Crippen LogP contribution in [0.15, 0.2) is 72.8 Å². The molecule has 1 fully saturated rings. The number of carbonyl (C=O) groups is 1. The lowest BCUT2D eigenvalue weighted by molar-refractivity contribution is -0.129. The summed E-state index contributed by atoms with van der Waals surface area (Å²) in [5, 5.41) is 12.0. The third kappa shape index (κ3) is 5.47. The number of hydrogen-bond acceptors (Lipinski definition) is 4. The van der Waals surface area contributed by atoms with Crippen molar-refractivity contribution in [3.05, 3.63) is 95.6 Å². The molecular weight excluding hydrogens is 424 g/mol. The van der Waals surface area contributed by atoms with E-state index in [4.69, 9.17) is 10.00 Å². The summed E-state index contributed by atoms with van der Waals surface area (Å²) in [6, 6.07) is 21.7. The van der Waals surface area contributed by atoms with Crippen molar-refractivity contribution < 1.29 is 18.3 Å². The van der Waals surface area contributed by atoms with E-state index in [2.05, 4.69) is 16.3 Å². The van der Waals surface area contributed by atoms with Gasteiger partial charge in [0.25, 0.3) is 5.91 Å². The molecule has 0 spiro atoms. The van der Waals surface area contributed by atoms with Crippen LogP contribution in [-0.4, -0.2) is 25.0 Å². The van der Waals surface area contributed by atoms with Crippen molar-refractivity contribution in [2.45, 2.75) is 25.0 Å². The highest BCUT2D eigenvalue weighted by Crippen LogP contribution is 2.25. The van der Waals surface area contributed by atoms with Crippen LogP contribution in [0.1, 0.15) is 30.1 Å². The molecule has 1 aliphatic rings. The van der Waals surface area contributed by atoms with Gasteiger partial charge in [-0.25, -0.2) is 8.78 Å². The minimum Gasteiger partial charge on any atom is -0.476 e. The summed E-state index contributed by atoms with van der Waals surface area (Å²) in [7, 11) is 0. The molecule has 3 aromatic rings. The maximum Gasteiger partial charge on any atom is 0.266 e. The van der Waals surface area contributed by atoms with E-state index < -0.39 is 17.7 Å². The second kappa shape index (κ2) is 10.1. The van der Waals surface area contributed by atoms with Crippen LogP contribution in [0.25, 0.3) is 0 Å². The Bertz CT molecular complexity index is 1140. The molecule has 1 atom stereocenters. The highest BCUT2D eigenvalue weighted by molar-refractivity contribution is 5.83. The number of hydrogen-bond donors (Lipinski definition) is 1. The van der Waals surface area contributed by atoms with Gasteiger partial charge in [-0.1, -0.05) is 30.3 Å². The Labute approximate surface area is 191 Å². The van der Waals surface area contributed by atoms with Gasteiger partial charge in [0.05, 0.1) is 11.6 Å². The van der Waals surface area contributed by atoms with E-state index in [1.165, 1.54) is 6.07 Å². The van der Waals surface area contributed by atoms with E-state index >= 15 is 0 Å². The van der Waals surface area contributed by atoms with Crippen LogP contribution >= 0.6 is 0 Å². The van der Waals surface area contributed by atoms with Gasteiger partial charge < -0.3 is 15.0 Å². The molecule has 1 aliphatic heterocycles. The Balaban J connectivity index is 1.41. The molecule has 33 heavy (non-hydrogen) atoms. The number of nitrogens with zero attached hydrogens (tertiary/aromatic N) is 2. The molecule has 168 valence electrons. The van der Waals surface area contributed by atoms with Crippen molar-refractivity contribution >= 4 is 11.6 Å². The number of rotatable bonds is 6. The van der Waals surface area contributed by atoms with Crippen molar-refractivity contribution in [3.63, 3.8) is 0 Å². The first-order valence-electron chi connectivity index (χ1n) is 10.8. The number of ether oxygens (including phenoxy) is 1. The summed E-state index contributed by atoms with van der Waals surface area (Å²) < 4.78 is 32.7. The van der Waals surface area contributed by atoms with Gasteiger partial charge in [0.2, 0.25) is 6.10 Å². The summed E-state index contributed by atoms with van der Waals surface area (Å²) in [5.41, 5.74) is 2.28. The van der Waals surface area contributed by atoms with Crippen molar-refractivity contribution in [2.75, 3.05) is 18.0 Å². The van der Waals surface area contributed by atoms with E-state index in [1.54, 1.807) is 36.4 Å². The summed E-state index contributed by atoms with van der Waals surface area (Å²) in [4.78, 5) is 15.4. The highest BCUT2D eigenvalue weighted by atomic mass is 19.2. The van der Waals surface area contributed by atoms with Gasteiger partial charge in [-0.05, 0) is 49.2 Å². The molecular formula is C26H23F2N3O2. The Hall–Kier alpha value is -3.92. The fraction of sp³-hybridized carbons (Fsp3) is 0.231. The molecule has 7 heteroatoms. The minimum atomic E-state index is -1.03. The average Bonchev–Trinajstić information content (AvgIpc) is 2.85. The third-order valence-corrected chi connectivity index (χ3v) is 5.69. The number of anilines is 1. The van der Waals surface area contributed by atoms with Crippen LogP contribution in [0.2, 0.25) is 0 Å². The fourth-order valence-corrected chi connectivity index (χ4v) is 3.89. The molecule has 4 rings (SSSR count). The number of halogens is 2. The smallest absolute Gasteiger partial charge is 0.266 e. The molecule has 1 saturated heterocycles. The van der Waals surface area contributed by atoms with Gasteiger partial charge in [0.15, 0.2) is 11.6 Å².